The Kier molecular flexibility index (Phi) is 4.97. The molecule has 0 aliphatic carbocycles. The van der Waals surface area contributed by atoms with Gasteiger partial charge in [0, 0.05) is 25.5 Å². The maximum Gasteiger partial charge on any atom is 0.245 e. The number of hydrogen-bond donors (Lipinski definition) is 2. The van der Waals surface area contributed by atoms with Crippen LogP contribution in [0.2, 0.25) is 0 Å². The number of anilines is 4. The van der Waals surface area contributed by atoms with Crippen LogP contribution in [-0.4, -0.2) is 40.6 Å². The van der Waals surface area contributed by atoms with Crippen molar-refractivity contribution in [2.75, 3.05) is 29.7 Å². The second-order valence-electron chi connectivity index (χ2n) is 6.32. The van der Waals surface area contributed by atoms with Gasteiger partial charge in [-0.3, -0.25) is 5.43 Å². The van der Waals surface area contributed by atoms with Gasteiger partial charge in [0.2, 0.25) is 11.3 Å². The highest BCUT2D eigenvalue weighted by atomic mass is 19.1. The van der Waals surface area contributed by atoms with Crippen molar-refractivity contribution in [3.63, 3.8) is 0 Å². The van der Waals surface area contributed by atoms with Crippen LogP contribution in [0.25, 0.3) is 11.3 Å². The van der Waals surface area contributed by atoms with E-state index in [0.29, 0.717) is 17.3 Å². The molecule has 0 bridgehead atoms. The van der Waals surface area contributed by atoms with E-state index in [4.69, 9.17) is 0 Å². The quantitative estimate of drug-likeness (QED) is 0.380. The van der Waals surface area contributed by atoms with Gasteiger partial charge in [-0.1, -0.05) is 12.1 Å². The molecule has 10 heteroatoms. The Labute approximate surface area is 165 Å². The Morgan fingerprint density at radius 3 is 2.24 bits per heavy atom. The Balaban J connectivity index is 1.57. The molecule has 4 rings (SSSR count). The van der Waals surface area contributed by atoms with E-state index in [9.17, 15) is 4.39 Å². The van der Waals surface area contributed by atoms with Crippen molar-refractivity contribution in [3.05, 3.63) is 59.9 Å². The van der Waals surface area contributed by atoms with E-state index in [1.54, 1.807) is 18.3 Å². The Hall–Kier alpha value is -4.08. The number of hydrazone groups is 1. The van der Waals surface area contributed by atoms with Crippen molar-refractivity contribution in [3.8, 4) is 0 Å². The van der Waals surface area contributed by atoms with Crippen molar-refractivity contribution in [1.29, 1.82) is 0 Å². The summed E-state index contributed by atoms with van der Waals surface area (Å²) in [6.07, 6.45) is 1.66. The number of halogens is 1. The molecule has 2 N–H and O–H groups in total. The first-order valence-electron chi connectivity index (χ1n) is 8.68. The first-order chi connectivity index (χ1) is 14.1. The van der Waals surface area contributed by atoms with Crippen molar-refractivity contribution in [2.45, 2.75) is 0 Å². The SMILES string of the molecule is CN(C)c1ccc(/C=N/Nc2nc3nonc3nc2Nc2ccc(F)cc2)cc1. The van der Waals surface area contributed by atoms with Gasteiger partial charge in [-0.2, -0.15) is 10.1 Å². The molecule has 9 nitrogen and oxygen atoms in total. The first-order valence-corrected chi connectivity index (χ1v) is 8.68. The maximum absolute atomic E-state index is 13.1. The third-order valence-corrected chi connectivity index (χ3v) is 4.01. The largest absolute Gasteiger partial charge is 0.378 e. The summed E-state index contributed by atoms with van der Waals surface area (Å²) in [6, 6.07) is 13.8. The smallest absolute Gasteiger partial charge is 0.245 e. The third-order valence-electron chi connectivity index (χ3n) is 4.01. The summed E-state index contributed by atoms with van der Waals surface area (Å²) in [5.74, 6) is 0.333. The molecular formula is C19H17FN8O. The average Bonchev–Trinajstić information content (AvgIpc) is 3.17. The lowest BCUT2D eigenvalue weighted by atomic mass is 10.2. The molecule has 2 aromatic carbocycles. The molecule has 0 aliphatic rings. The van der Waals surface area contributed by atoms with Crippen LogP contribution < -0.4 is 15.6 Å². The normalized spacial score (nSPS) is 11.1. The summed E-state index contributed by atoms with van der Waals surface area (Å²) in [5.41, 5.74) is 5.96. The van der Waals surface area contributed by atoms with Crippen LogP contribution in [0.1, 0.15) is 5.56 Å². The second-order valence-corrected chi connectivity index (χ2v) is 6.32. The van der Waals surface area contributed by atoms with E-state index in [1.807, 2.05) is 43.3 Å². The van der Waals surface area contributed by atoms with Gasteiger partial charge in [-0.25, -0.2) is 14.0 Å². The molecule has 0 atom stereocenters. The molecule has 0 spiro atoms. The van der Waals surface area contributed by atoms with Crippen LogP contribution in [-0.2, 0) is 0 Å². The first kappa shape index (κ1) is 18.3. The predicted molar refractivity (Wildman–Crippen MR) is 109 cm³/mol. The van der Waals surface area contributed by atoms with E-state index in [1.165, 1.54) is 12.1 Å². The average molecular weight is 392 g/mol. The molecule has 0 radical (unpaired) electrons. The van der Waals surface area contributed by atoms with Crippen molar-refractivity contribution >= 4 is 40.5 Å². The van der Waals surface area contributed by atoms with E-state index in [-0.39, 0.29) is 17.1 Å². The monoisotopic (exact) mass is 392 g/mol. The van der Waals surface area contributed by atoms with Gasteiger partial charge < -0.3 is 10.2 Å². The van der Waals surface area contributed by atoms with E-state index in [0.717, 1.165) is 11.3 Å². The summed E-state index contributed by atoms with van der Waals surface area (Å²) in [5, 5.41) is 14.7. The molecule has 0 saturated heterocycles. The lowest BCUT2D eigenvalue weighted by molar-refractivity contribution is 0.314. The minimum Gasteiger partial charge on any atom is -0.378 e. The highest BCUT2D eigenvalue weighted by Gasteiger charge is 2.12. The topological polar surface area (TPSA) is 104 Å². The molecule has 2 heterocycles. The molecule has 0 unspecified atom stereocenters. The van der Waals surface area contributed by atoms with E-state index < -0.39 is 0 Å². The molecule has 0 amide bonds. The minimum atomic E-state index is -0.332. The van der Waals surface area contributed by atoms with Crippen LogP contribution in [0.15, 0.2) is 58.3 Å². The maximum atomic E-state index is 13.1. The molecule has 146 valence electrons. The molecule has 2 aromatic heterocycles. The van der Waals surface area contributed by atoms with Gasteiger partial charge in [-0.15, -0.1) is 0 Å². The van der Waals surface area contributed by atoms with Gasteiger partial charge >= 0.3 is 0 Å². The number of fused-ring (bicyclic) bond motifs is 1. The Morgan fingerprint density at radius 2 is 1.59 bits per heavy atom. The lowest BCUT2D eigenvalue weighted by Crippen LogP contribution is -2.08. The van der Waals surface area contributed by atoms with Crippen LogP contribution in [0.3, 0.4) is 0 Å². The highest BCUT2D eigenvalue weighted by molar-refractivity contribution is 5.82. The summed E-state index contributed by atoms with van der Waals surface area (Å²) in [7, 11) is 3.96. The number of aromatic nitrogens is 4. The van der Waals surface area contributed by atoms with Gasteiger partial charge in [-0.05, 0) is 52.3 Å². The van der Waals surface area contributed by atoms with Crippen LogP contribution in [0, 0.1) is 5.82 Å². The standard InChI is InChI=1S/C19H17FN8O/c1-28(2)15-9-3-12(4-10-15)11-21-25-17-16(22-14-7-5-13(20)6-8-14)23-18-19(24-17)27-29-26-18/h3-11H,1-2H3,(H,22,23,26)(H,24,25,27)/b21-11+. The van der Waals surface area contributed by atoms with Crippen LogP contribution in [0.5, 0.6) is 0 Å². The van der Waals surface area contributed by atoms with Crippen molar-refractivity contribution < 1.29 is 9.02 Å². The number of nitrogens with zero attached hydrogens (tertiary/aromatic N) is 6. The fourth-order valence-electron chi connectivity index (χ4n) is 2.50. The summed E-state index contributed by atoms with van der Waals surface area (Å²) in [4.78, 5) is 10.7. The predicted octanol–water partition coefficient (Wildman–Crippen LogP) is 3.41. The van der Waals surface area contributed by atoms with Gasteiger partial charge in [0.05, 0.1) is 6.21 Å². The number of nitrogens with one attached hydrogen (secondary N) is 2. The zero-order chi connectivity index (χ0) is 20.2. The third kappa shape index (κ3) is 4.26. The molecular weight excluding hydrogens is 375 g/mol. The fraction of sp³-hybridized carbons (Fsp3) is 0.105. The molecule has 0 saturated carbocycles. The van der Waals surface area contributed by atoms with Gasteiger partial charge in [0.15, 0.2) is 11.6 Å². The molecule has 0 aliphatic heterocycles. The minimum absolute atomic E-state index is 0.239. The highest BCUT2D eigenvalue weighted by Crippen LogP contribution is 2.24. The van der Waals surface area contributed by atoms with Crippen LogP contribution >= 0.6 is 0 Å². The van der Waals surface area contributed by atoms with Gasteiger partial charge in [0.1, 0.15) is 5.82 Å². The lowest BCUT2D eigenvalue weighted by Gasteiger charge is -2.11. The van der Waals surface area contributed by atoms with Crippen molar-refractivity contribution in [1.82, 2.24) is 20.3 Å². The van der Waals surface area contributed by atoms with E-state index >= 15 is 0 Å². The fourth-order valence-corrected chi connectivity index (χ4v) is 2.50. The van der Waals surface area contributed by atoms with Gasteiger partial charge in [0.25, 0.3) is 0 Å². The zero-order valence-electron chi connectivity index (χ0n) is 15.7. The summed E-state index contributed by atoms with van der Waals surface area (Å²) in [6.45, 7) is 0. The van der Waals surface area contributed by atoms with E-state index in [2.05, 4.69) is 40.8 Å². The summed E-state index contributed by atoms with van der Waals surface area (Å²) < 4.78 is 17.8. The Bertz CT molecular complexity index is 1140. The molecule has 29 heavy (non-hydrogen) atoms. The zero-order valence-corrected chi connectivity index (χ0v) is 15.7. The summed E-state index contributed by atoms with van der Waals surface area (Å²) >= 11 is 0. The molecule has 4 aromatic rings. The Morgan fingerprint density at radius 1 is 0.931 bits per heavy atom. The number of benzene rings is 2. The van der Waals surface area contributed by atoms with Crippen molar-refractivity contribution in [2.24, 2.45) is 5.10 Å². The number of hydrogen-bond acceptors (Lipinski definition) is 9. The second kappa shape index (κ2) is 7.89. The van der Waals surface area contributed by atoms with Crippen LogP contribution in [0.4, 0.5) is 27.4 Å². The number of rotatable bonds is 6. The molecule has 0 fully saturated rings.